The number of hydrogen-bond donors (Lipinski definition) is 1. The van der Waals surface area contributed by atoms with E-state index in [4.69, 9.17) is 5.11 Å². The highest BCUT2D eigenvalue weighted by Gasteiger charge is 2.28. The number of rotatable bonds is 5. The molecule has 0 unspecified atom stereocenters. The van der Waals surface area contributed by atoms with Crippen LogP contribution in [0.2, 0.25) is 0 Å². The van der Waals surface area contributed by atoms with E-state index in [1.165, 1.54) is 0 Å². The SMILES string of the molecule is Cc1ccc(S(=O)(=O)N2CCN(CCCO)CC2)cc1C. The molecule has 1 fully saturated rings. The average molecular weight is 312 g/mol. The summed E-state index contributed by atoms with van der Waals surface area (Å²) < 4.78 is 26.8. The Balaban J connectivity index is 2.06. The van der Waals surface area contributed by atoms with Gasteiger partial charge in [-0.3, -0.25) is 0 Å². The van der Waals surface area contributed by atoms with Crippen molar-refractivity contribution in [2.45, 2.75) is 25.2 Å². The standard InChI is InChI=1S/C15H24N2O3S/c1-13-4-5-15(12-14(13)2)21(19,20)17-9-7-16(8-10-17)6-3-11-18/h4-5,12,18H,3,6-11H2,1-2H3. The number of piperazine rings is 1. The minimum absolute atomic E-state index is 0.182. The van der Waals surface area contributed by atoms with E-state index in [1.807, 2.05) is 19.9 Å². The molecule has 2 rings (SSSR count). The minimum atomic E-state index is -3.39. The smallest absolute Gasteiger partial charge is 0.243 e. The molecule has 0 aromatic heterocycles. The molecule has 0 saturated carbocycles. The Hall–Kier alpha value is -0.950. The molecule has 0 amide bonds. The normalized spacial score (nSPS) is 18.0. The van der Waals surface area contributed by atoms with Gasteiger partial charge in [-0.25, -0.2) is 8.42 Å². The van der Waals surface area contributed by atoms with Crippen LogP contribution in [-0.2, 0) is 10.0 Å². The Kier molecular flexibility index (Phi) is 5.37. The molecule has 1 aromatic rings. The van der Waals surface area contributed by atoms with Crippen molar-refractivity contribution in [3.8, 4) is 0 Å². The highest BCUT2D eigenvalue weighted by molar-refractivity contribution is 7.89. The van der Waals surface area contributed by atoms with Crippen LogP contribution in [-0.4, -0.2) is 62.1 Å². The second-order valence-corrected chi connectivity index (χ2v) is 7.51. The summed E-state index contributed by atoms with van der Waals surface area (Å²) in [6.45, 7) is 7.40. The average Bonchev–Trinajstić information content (AvgIpc) is 2.48. The monoisotopic (exact) mass is 312 g/mol. The van der Waals surface area contributed by atoms with Gasteiger partial charge in [0, 0.05) is 39.3 Å². The fourth-order valence-electron chi connectivity index (χ4n) is 2.51. The molecular weight excluding hydrogens is 288 g/mol. The number of nitrogens with zero attached hydrogens (tertiary/aromatic N) is 2. The Labute approximate surface area is 127 Å². The molecule has 0 radical (unpaired) electrons. The summed E-state index contributed by atoms with van der Waals surface area (Å²) in [4.78, 5) is 2.58. The summed E-state index contributed by atoms with van der Waals surface area (Å²) >= 11 is 0. The maximum atomic E-state index is 12.6. The van der Waals surface area contributed by atoms with E-state index in [-0.39, 0.29) is 6.61 Å². The van der Waals surface area contributed by atoms with Crippen molar-refractivity contribution >= 4 is 10.0 Å². The molecule has 1 saturated heterocycles. The van der Waals surface area contributed by atoms with Crippen LogP contribution in [0.4, 0.5) is 0 Å². The molecule has 0 atom stereocenters. The quantitative estimate of drug-likeness (QED) is 0.881. The first kappa shape index (κ1) is 16.4. The Morgan fingerprint density at radius 1 is 1.10 bits per heavy atom. The summed E-state index contributed by atoms with van der Waals surface area (Å²) in [6.07, 6.45) is 0.740. The van der Waals surface area contributed by atoms with Crippen LogP contribution >= 0.6 is 0 Å². The Bertz CT molecular complexity index is 579. The lowest BCUT2D eigenvalue weighted by molar-refractivity contribution is 0.171. The van der Waals surface area contributed by atoms with Gasteiger partial charge in [0.1, 0.15) is 0 Å². The van der Waals surface area contributed by atoms with Crippen molar-refractivity contribution in [1.82, 2.24) is 9.21 Å². The van der Waals surface area contributed by atoms with Crippen LogP contribution in [0, 0.1) is 13.8 Å². The van der Waals surface area contributed by atoms with Gasteiger partial charge in [-0.15, -0.1) is 0 Å². The first-order chi connectivity index (χ1) is 9.95. The van der Waals surface area contributed by atoms with Crippen LogP contribution in [0.1, 0.15) is 17.5 Å². The number of aliphatic hydroxyl groups excluding tert-OH is 1. The van der Waals surface area contributed by atoms with Gasteiger partial charge in [-0.05, 0) is 43.5 Å². The largest absolute Gasteiger partial charge is 0.396 e. The summed E-state index contributed by atoms with van der Waals surface area (Å²) in [5.41, 5.74) is 2.10. The molecule has 1 aliphatic rings. The highest BCUT2D eigenvalue weighted by atomic mass is 32.2. The zero-order valence-electron chi connectivity index (χ0n) is 12.7. The molecule has 1 heterocycles. The fraction of sp³-hybridized carbons (Fsp3) is 0.600. The Morgan fingerprint density at radius 2 is 1.76 bits per heavy atom. The maximum Gasteiger partial charge on any atom is 0.243 e. The molecule has 1 aliphatic heterocycles. The summed E-state index contributed by atoms with van der Waals surface area (Å²) in [6, 6.07) is 5.30. The van der Waals surface area contributed by atoms with Crippen LogP contribution in [0.25, 0.3) is 0 Å². The van der Waals surface area contributed by atoms with Crippen molar-refractivity contribution in [1.29, 1.82) is 0 Å². The molecule has 0 bridgehead atoms. The second-order valence-electron chi connectivity index (χ2n) is 5.57. The zero-order valence-corrected chi connectivity index (χ0v) is 13.6. The third kappa shape index (κ3) is 3.83. The van der Waals surface area contributed by atoms with Crippen molar-refractivity contribution in [3.63, 3.8) is 0 Å². The predicted octanol–water partition coefficient (Wildman–Crippen LogP) is 0.992. The van der Waals surface area contributed by atoms with Gasteiger partial charge in [0.15, 0.2) is 0 Å². The van der Waals surface area contributed by atoms with Crippen LogP contribution < -0.4 is 0 Å². The van der Waals surface area contributed by atoms with E-state index in [1.54, 1.807) is 16.4 Å². The number of aryl methyl sites for hydroxylation is 2. The molecule has 21 heavy (non-hydrogen) atoms. The predicted molar refractivity (Wildman–Crippen MR) is 82.8 cm³/mol. The molecular formula is C15H24N2O3S. The third-order valence-electron chi connectivity index (χ3n) is 4.08. The maximum absolute atomic E-state index is 12.6. The molecule has 0 spiro atoms. The summed E-state index contributed by atoms with van der Waals surface area (Å²) in [7, 11) is -3.39. The molecule has 1 aromatic carbocycles. The van der Waals surface area contributed by atoms with Gasteiger partial charge in [0.2, 0.25) is 10.0 Å². The van der Waals surface area contributed by atoms with Crippen LogP contribution in [0.5, 0.6) is 0 Å². The number of sulfonamides is 1. The highest BCUT2D eigenvalue weighted by Crippen LogP contribution is 2.20. The van der Waals surface area contributed by atoms with Gasteiger partial charge >= 0.3 is 0 Å². The van der Waals surface area contributed by atoms with Gasteiger partial charge in [-0.1, -0.05) is 6.07 Å². The van der Waals surface area contributed by atoms with E-state index in [0.29, 0.717) is 18.0 Å². The fourth-order valence-corrected chi connectivity index (χ4v) is 4.02. The lowest BCUT2D eigenvalue weighted by Crippen LogP contribution is -2.48. The van der Waals surface area contributed by atoms with E-state index < -0.39 is 10.0 Å². The van der Waals surface area contributed by atoms with E-state index in [2.05, 4.69) is 4.90 Å². The van der Waals surface area contributed by atoms with Gasteiger partial charge < -0.3 is 10.0 Å². The first-order valence-electron chi connectivity index (χ1n) is 7.36. The Morgan fingerprint density at radius 3 is 2.33 bits per heavy atom. The van der Waals surface area contributed by atoms with E-state index in [9.17, 15) is 8.42 Å². The van der Waals surface area contributed by atoms with Gasteiger partial charge in [0.05, 0.1) is 4.90 Å². The minimum Gasteiger partial charge on any atom is -0.396 e. The number of hydrogen-bond acceptors (Lipinski definition) is 4. The van der Waals surface area contributed by atoms with Crippen molar-refractivity contribution in [2.75, 3.05) is 39.3 Å². The van der Waals surface area contributed by atoms with Crippen molar-refractivity contribution < 1.29 is 13.5 Å². The molecule has 0 aliphatic carbocycles. The number of benzene rings is 1. The first-order valence-corrected chi connectivity index (χ1v) is 8.80. The second kappa shape index (κ2) is 6.87. The molecule has 5 nitrogen and oxygen atoms in total. The number of aliphatic hydroxyl groups is 1. The van der Waals surface area contributed by atoms with Crippen molar-refractivity contribution in [3.05, 3.63) is 29.3 Å². The topological polar surface area (TPSA) is 60.9 Å². The molecule has 1 N–H and O–H groups in total. The lowest BCUT2D eigenvalue weighted by Gasteiger charge is -2.33. The van der Waals surface area contributed by atoms with E-state index in [0.717, 1.165) is 37.2 Å². The summed E-state index contributed by atoms with van der Waals surface area (Å²) in [5.74, 6) is 0. The third-order valence-corrected chi connectivity index (χ3v) is 5.97. The zero-order chi connectivity index (χ0) is 15.5. The van der Waals surface area contributed by atoms with Gasteiger partial charge in [-0.2, -0.15) is 4.31 Å². The van der Waals surface area contributed by atoms with Crippen LogP contribution in [0.3, 0.4) is 0 Å². The van der Waals surface area contributed by atoms with Crippen LogP contribution in [0.15, 0.2) is 23.1 Å². The molecule has 6 heteroatoms. The van der Waals surface area contributed by atoms with Crippen molar-refractivity contribution in [2.24, 2.45) is 0 Å². The lowest BCUT2D eigenvalue weighted by atomic mass is 10.1. The summed E-state index contributed by atoms with van der Waals surface area (Å²) in [5, 5.41) is 8.84. The van der Waals surface area contributed by atoms with Gasteiger partial charge in [0.25, 0.3) is 0 Å². The van der Waals surface area contributed by atoms with E-state index >= 15 is 0 Å². The molecule has 118 valence electrons.